The van der Waals surface area contributed by atoms with Gasteiger partial charge in [0.15, 0.2) is 17.3 Å². The van der Waals surface area contributed by atoms with Gasteiger partial charge in [-0.2, -0.15) is 4.98 Å². The maximum Gasteiger partial charge on any atom is 0.248 e. The van der Waals surface area contributed by atoms with Crippen molar-refractivity contribution >= 4 is 11.5 Å². The molecule has 2 aliphatic rings. The summed E-state index contributed by atoms with van der Waals surface area (Å²) in [4.78, 5) is 10.7. The molecule has 2 N–H and O–H groups in total. The van der Waals surface area contributed by atoms with Crippen molar-refractivity contribution in [1.29, 1.82) is 0 Å². The second kappa shape index (κ2) is 5.83. The zero-order chi connectivity index (χ0) is 15.6. The number of ether oxygens (including phenoxy) is 3. The number of nitrogens with zero attached hydrogens (tertiary/aromatic N) is 3. The van der Waals surface area contributed by atoms with Gasteiger partial charge in [0.2, 0.25) is 12.7 Å². The fourth-order valence-electron chi connectivity index (χ4n) is 2.86. The summed E-state index contributed by atoms with van der Waals surface area (Å²) >= 11 is 0. The van der Waals surface area contributed by atoms with Crippen molar-refractivity contribution in [3.8, 4) is 23.1 Å². The minimum atomic E-state index is 0.230. The van der Waals surface area contributed by atoms with E-state index < -0.39 is 0 Å². The van der Waals surface area contributed by atoms with Crippen molar-refractivity contribution in [3.63, 3.8) is 0 Å². The number of nitrogens with two attached hydrogens (primary N) is 1. The van der Waals surface area contributed by atoms with Crippen molar-refractivity contribution in [2.75, 3.05) is 30.5 Å². The molecule has 1 fully saturated rings. The van der Waals surface area contributed by atoms with Gasteiger partial charge in [-0.05, 0) is 31.4 Å². The highest BCUT2D eigenvalue weighted by Gasteiger charge is 2.19. The highest BCUT2D eigenvalue weighted by Crippen LogP contribution is 2.38. The van der Waals surface area contributed by atoms with E-state index in [9.17, 15) is 0 Å². The van der Waals surface area contributed by atoms with E-state index in [0.29, 0.717) is 28.8 Å². The Balaban J connectivity index is 1.59. The van der Waals surface area contributed by atoms with Crippen LogP contribution in [0.25, 0.3) is 0 Å². The van der Waals surface area contributed by atoms with Crippen LogP contribution in [-0.4, -0.2) is 29.9 Å². The van der Waals surface area contributed by atoms with Gasteiger partial charge in [0.1, 0.15) is 17.8 Å². The summed E-state index contributed by atoms with van der Waals surface area (Å²) < 4.78 is 16.5. The highest BCUT2D eigenvalue weighted by atomic mass is 16.7. The van der Waals surface area contributed by atoms with Crippen LogP contribution in [-0.2, 0) is 0 Å². The molecule has 0 bridgehead atoms. The summed E-state index contributed by atoms with van der Waals surface area (Å²) in [5, 5.41) is 0. The first-order valence-electron chi connectivity index (χ1n) is 7.74. The largest absolute Gasteiger partial charge is 0.454 e. The summed E-state index contributed by atoms with van der Waals surface area (Å²) in [7, 11) is 0. The second-order valence-electron chi connectivity index (χ2n) is 5.58. The predicted octanol–water partition coefficient (Wildman–Crippen LogP) is 2.57. The highest BCUT2D eigenvalue weighted by molar-refractivity contribution is 5.68. The molecule has 1 aromatic heterocycles. The molecule has 0 atom stereocenters. The Hall–Kier alpha value is -2.70. The van der Waals surface area contributed by atoms with E-state index in [4.69, 9.17) is 19.9 Å². The van der Waals surface area contributed by atoms with Crippen LogP contribution in [0.1, 0.15) is 19.3 Å². The molecule has 0 unspecified atom stereocenters. The van der Waals surface area contributed by atoms with Gasteiger partial charge in [0, 0.05) is 19.2 Å². The summed E-state index contributed by atoms with van der Waals surface area (Å²) in [6.07, 6.45) is 5.05. The number of rotatable bonds is 3. The molecular weight excluding hydrogens is 296 g/mol. The van der Waals surface area contributed by atoms with Crippen LogP contribution in [0, 0.1) is 0 Å². The van der Waals surface area contributed by atoms with E-state index in [1.54, 1.807) is 18.2 Å². The van der Waals surface area contributed by atoms with Gasteiger partial charge < -0.3 is 24.8 Å². The van der Waals surface area contributed by atoms with Crippen LogP contribution in [0.2, 0.25) is 0 Å². The maximum atomic E-state index is 6.23. The number of piperidine rings is 1. The summed E-state index contributed by atoms with van der Waals surface area (Å²) in [5.74, 6) is 3.08. The molecular formula is C16H18N4O3. The maximum absolute atomic E-state index is 6.23. The molecule has 0 radical (unpaired) electrons. The molecule has 2 aliphatic heterocycles. The lowest BCUT2D eigenvalue weighted by Gasteiger charge is -2.28. The van der Waals surface area contributed by atoms with Crippen LogP contribution in [0.4, 0.5) is 11.5 Å². The van der Waals surface area contributed by atoms with Gasteiger partial charge in [0.25, 0.3) is 0 Å². The van der Waals surface area contributed by atoms with Gasteiger partial charge >= 0.3 is 0 Å². The van der Waals surface area contributed by atoms with Crippen LogP contribution in [0.5, 0.6) is 23.1 Å². The third-order valence-corrected chi connectivity index (χ3v) is 4.04. The van der Waals surface area contributed by atoms with Gasteiger partial charge in [-0.3, -0.25) is 0 Å². The monoisotopic (exact) mass is 314 g/mol. The standard InChI is InChI=1S/C16H18N4O3/c17-14-15(20-6-2-1-3-7-20)18-9-19-16(14)23-11-4-5-12-13(8-11)22-10-21-12/h4-5,8-9H,1-3,6-7,10,17H2. The smallest absolute Gasteiger partial charge is 0.248 e. The predicted molar refractivity (Wildman–Crippen MR) is 85.1 cm³/mol. The molecule has 0 amide bonds. The summed E-state index contributed by atoms with van der Waals surface area (Å²) in [6, 6.07) is 5.38. The molecule has 0 spiro atoms. The molecule has 0 aliphatic carbocycles. The number of fused-ring (bicyclic) bond motifs is 1. The Morgan fingerprint density at radius 2 is 1.87 bits per heavy atom. The molecule has 2 aromatic rings. The van der Waals surface area contributed by atoms with E-state index >= 15 is 0 Å². The first-order valence-corrected chi connectivity index (χ1v) is 7.74. The molecule has 4 rings (SSSR count). The molecule has 7 heteroatoms. The summed E-state index contributed by atoms with van der Waals surface area (Å²) in [5.41, 5.74) is 6.69. The Morgan fingerprint density at radius 1 is 1.04 bits per heavy atom. The molecule has 120 valence electrons. The van der Waals surface area contributed by atoms with Crippen molar-refractivity contribution in [2.45, 2.75) is 19.3 Å². The van der Waals surface area contributed by atoms with Crippen molar-refractivity contribution in [2.24, 2.45) is 0 Å². The SMILES string of the molecule is Nc1c(Oc2ccc3c(c2)OCO3)ncnc1N1CCCCC1. The Bertz CT molecular complexity index is 716. The average molecular weight is 314 g/mol. The summed E-state index contributed by atoms with van der Waals surface area (Å²) in [6.45, 7) is 2.16. The van der Waals surface area contributed by atoms with E-state index in [0.717, 1.165) is 31.7 Å². The lowest BCUT2D eigenvalue weighted by atomic mass is 10.1. The van der Waals surface area contributed by atoms with E-state index in [1.165, 1.54) is 12.7 Å². The number of anilines is 2. The lowest BCUT2D eigenvalue weighted by molar-refractivity contribution is 0.174. The van der Waals surface area contributed by atoms with E-state index in [1.807, 2.05) is 0 Å². The zero-order valence-electron chi connectivity index (χ0n) is 12.7. The number of nitrogen functional groups attached to an aromatic ring is 1. The third kappa shape index (κ3) is 2.69. The molecule has 7 nitrogen and oxygen atoms in total. The van der Waals surface area contributed by atoms with Crippen molar-refractivity contribution in [1.82, 2.24) is 9.97 Å². The third-order valence-electron chi connectivity index (χ3n) is 4.04. The topological polar surface area (TPSA) is 82.7 Å². The Morgan fingerprint density at radius 3 is 2.74 bits per heavy atom. The normalized spacial score (nSPS) is 16.4. The number of benzene rings is 1. The zero-order valence-corrected chi connectivity index (χ0v) is 12.7. The van der Waals surface area contributed by atoms with Crippen LogP contribution >= 0.6 is 0 Å². The average Bonchev–Trinajstić information content (AvgIpc) is 3.05. The molecule has 23 heavy (non-hydrogen) atoms. The van der Waals surface area contributed by atoms with E-state index in [2.05, 4.69) is 14.9 Å². The fraction of sp³-hybridized carbons (Fsp3) is 0.375. The number of hydrogen-bond donors (Lipinski definition) is 1. The van der Waals surface area contributed by atoms with Gasteiger partial charge in [-0.15, -0.1) is 0 Å². The molecule has 1 aromatic carbocycles. The first kappa shape index (κ1) is 13.9. The number of hydrogen-bond acceptors (Lipinski definition) is 7. The van der Waals surface area contributed by atoms with Crippen molar-refractivity contribution < 1.29 is 14.2 Å². The molecule has 3 heterocycles. The van der Waals surface area contributed by atoms with Gasteiger partial charge in [-0.1, -0.05) is 0 Å². The molecule has 1 saturated heterocycles. The Kier molecular flexibility index (Phi) is 3.53. The second-order valence-corrected chi connectivity index (χ2v) is 5.58. The van der Waals surface area contributed by atoms with Crippen LogP contribution in [0.3, 0.4) is 0 Å². The van der Waals surface area contributed by atoms with Crippen LogP contribution in [0.15, 0.2) is 24.5 Å². The van der Waals surface area contributed by atoms with Crippen molar-refractivity contribution in [3.05, 3.63) is 24.5 Å². The van der Waals surface area contributed by atoms with E-state index in [-0.39, 0.29) is 6.79 Å². The first-order chi connectivity index (χ1) is 11.3. The molecule has 0 saturated carbocycles. The van der Waals surface area contributed by atoms with Gasteiger partial charge in [0.05, 0.1) is 0 Å². The number of aromatic nitrogens is 2. The minimum Gasteiger partial charge on any atom is -0.454 e. The Labute approximate surface area is 134 Å². The van der Waals surface area contributed by atoms with Gasteiger partial charge in [-0.25, -0.2) is 4.98 Å². The fourth-order valence-corrected chi connectivity index (χ4v) is 2.86. The lowest BCUT2D eigenvalue weighted by Crippen LogP contribution is -2.31. The quantitative estimate of drug-likeness (QED) is 0.932. The van der Waals surface area contributed by atoms with Crippen LogP contribution < -0.4 is 24.8 Å². The minimum absolute atomic E-state index is 0.230.